The third kappa shape index (κ3) is 6.45. The molecule has 6 heteroatoms. The number of thioether (sulfide) groups is 3. The summed E-state index contributed by atoms with van der Waals surface area (Å²) in [5.74, 6) is 0.0276. The van der Waals surface area contributed by atoms with Crippen LogP contribution in [0.25, 0.3) is 0 Å². The minimum atomic E-state index is 0.0276. The Morgan fingerprint density at radius 2 is 0.889 bits per heavy atom. The summed E-state index contributed by atoms with van der Waals surface area (Å²) in [6, 6.07) is 40.3. The highest BCUT2D eigenvalue weighted by atomic mass is 32.2. The standard InChI is InChI=1S/C30H21NOS4/c32-28-27(33-22-13-5-1-6-14-22)21-26(31-36-25-19-11-4-12-20-25)29(34-23-15-7-2-8-16-23)30(28)35-24-17-9-3-10-18-24/h1-21H. The van der Waals surface area contributed by atoms with Gasteiger partial charge in [0.05, 0.1) is 20.4 Å². The van der Waals surface area contributed by atoms with Gasteiger partial charge in [-0.1, -0.05) is 108 Å². The van der Waals surface area contributed by atoms with Gasteiger partial charge in [-0.25, -0.2) is 4.40 Å². The maximum Gasteiger partial charge on any atom is 0.207 e. The summed E-state index contributed by atoms with van der Waals surface area (Å²) in [5, 5.41) is 0. The van der Waals surface area contributed by atoms with Crippen LogP contribution >= 0.6 is 47.2 Å². The predicted molar refractivity (Wildman–Crippen MR) is 157 cm³/mol. The summed E-state index contributed by atoms with van der Waals surface area (Å²) >= 11 is 6.00. The van der Waals surface area contributed by atoms with Gasteiger partial charge in [0.2, 0.25) is 5.78 Å². The van der Waals surface area contributed by atoms with E-state index in [0.29, 0.717) is 9.81 Å². The molecule has 0 radical (unpaired) electrons. The predicted octanol–water partition coefficient (Wildman–Crippen LogP) is 9.19. The zero-order valence-corrected chi connectivity index (χ0v) is 22.4. The molecule has 0 bridgehead atoms. The number of Topliss-reactive ketones (excluding diaryl/α,β-unsaturated/α-hetero) is 1. The SMILES string of the molecule is O=C1C(Sc2ccccc2)=CC(=NSc2ccccc2)C(Sc2ccccc2)=C1Sc1ccccc1. The van der Waals surface area contributed by atoms with Crippen molar-refractivity contribution in [2.24, 2.45) is 4.40 Å². The molecule has 2 nitrogen and oxygen atoms in total. The molecule has 0 N–H and O–H groups in total. The normalized spacial score (nSPS) is 14.7. The van der Waals surface area contributed by atoms with Crippen LogP contribution < -0.4 is 0 Å². The number of carbonyl (C=O) groups is 1. The van der Waals surface area contributed by atoms with E-state index < -0.39 is 0 Å². The second kappa shape index (κ2) is 12.4. The lowest BCUT2D eigenvalue weighted by Gasteiger charge is -2.20. The molecule has 0 heterocycles. The molecule has 0 unspecified atom stereocenters. The van der Waals surface area contributed by atoms with E-state index in [4.69, 9.17) is 4.40 Å². The van der Waals surface area contributed by atoms with E-state index in [1.54, 1.807) is 11.8 Å². The van der Waals surface area contributed by atoms with Crippen LogP contribution in [0.15, 0.2) is 166 Å². The molecule has 0 atom stereocenters. The first-order valence-corrected chi connectivity index (χ1v) is 14.5. The van der Waals surface area contributed by atoms with E-state index in [-0.39, 0.29) is 5.78 Å². The highest BCUT2D eigenvalue weighted by molar-refractivity contribution is 8.09. The zero-order valence-electron chi connectivity index (χ0n) is 19.1. The number of hydrogen-bond acceptors (Lipinski definition) is 6. The highest BCUT2D eigenvalue weighted by Gasteiger charge is 2.30. The molecule has 176 valence electrons. The van der Waals surface area contributed by atoms with Crippen molar-refractivity contribution in [3.8, 4) is 0 Å². The van der Waals surface area contributed by atoms with Crippen LogP contribution in [0, 0.1) is 0 Å². The lowest BCUT2D eigenvalue weighted by Crippen LogP contribution is -2.15. The Labute approximate surface area is 228 Å². The van der Waals surface area contributed by atoms with Crippen LogP contribution in [0.2, 0.25) is 0 Å². The van der Waals surface area contributed by atoms with Crippen molar-refractivity contribution in [1.29, 1.82) is 0 Å². The van der Waals surface area contributed by atoms with Gasteiger partial charge in [0.1, 0.15) is 0 Å². The van der Waals surface area contributed by atoms with Gasteiger partial charge in [-0.3, -0.25) is 4.79 Å². The Balaban J connectivity index is 1.59. The van der Waals surface area contributed by atoms with Crippen molar-refractivity contribution in [3.05, 3.63) is 142 Å². The van der Waals surface area contributed by atoms with E-state index in [9.17, 15) is 4.79 Å². The summed E-state index contributed by atoms with van der Waals surface area (Å²) in [6.45, 7) is 0. The minimum Gasteiger partial charge on any atom is -0.287 e. The molecule has 4 aromatic rings. The fraction of sp³-hybridized carbons (Fsp3) is 0. The number of hydrogen-bond donors (Lipinski definition) is 0. The first kappa shape index (κ1) is 24.8. The highest BCUT2D eigenvalue weighted by Crippen LogP contribution is 2.45. The summed E-state index contributed by atoms with van der Waals surface area (Å²) in [4.78, 5) is 20.3. The van der Waals surface area contributed by atoms with Gasteiger partial charge >= 0.3 is 0 Å². The molecule has 0 saturated heterocycles. The molecule has 1 aliphatic carbocycles. The summed E-state index contributed by atoms with van der Waals surface area (Å²) in [6.07, 6.45) is 1.94. The van der Waals surface area contributed by atoms with Crippen molar-refractivity contribution in [2.75, 3.05) is 0 Å². The van der Waals surface area contributed by atoms with Crippen LogP contribution in [0.4, 0.5) is 0 Å². The van der Waals surface area contributed by atoms with E-state index in [1.165, 1.54) is 35.5 Å². The summed E-state index contributed by atoms with van der Waals surface area (Å²) in [7, 11) is 0. The maximum atomic E-state index is 13.9. The van der Waals surface area contributed by atoms with Crippen LogP contribution in [0.3, 0.4) is 0 Å². The first-order valence-electron chi connectivity index (χ1n) is 11.3. The van der Waals surface area contributed by atoms with Crippen molar-refractivity contribution >= 4 is 58.7 Å². The molecule has 1 aliphatic rings. The smallest absolute Gasteiger partial charge is 0.207 e. The average molecular weight is 540 g/mol. The van der Waals surface area contributed by atoms with E-state index >= 15 is 0 Å². The minimum absolute atomic E-state index is 0.0276. The fourth-order valence-electron chi connectivity index (χ4n) is 3.33. The quantitative estimate of drug-likeness (QED) is 0.164. The Morgan fingerprint density at radius 1 is 0.472 bits per heavy atom. The van der Waals surface area contributed by atoms with Gasteiger partial charge in [0.25, 0.3) is 0 Å². The topological polar surface area (TPSA) is 29.4 Å². The Morgan fingerprint density at radius 3 is 1.39 bits per heavy atom. The first-order chi connectivity index (χ1) is 17.8. The maximum absolute atomic E-state index is 13.9. The van der Waals surface area contributed by atoms with Crippen molar-refractivity contribution < 1.29 is 4.79 Å². The van der Waals surface area contributed by atoms with Crippen molar-refractivity contribution in [3.63, 3.8) is 0 Å². The van der Waals surface area contributed by atoms with Gasteiger partial charge in [-0.05, 0) is 54.6 Å². The van der Waals surface area contributed by atoms with Crippen LogP contribution in [-0.2, 0) is 4.79 Å². The Bertz CT molecular complexity index is 1420. The number of ketones is 1. The second-order valence-corrected chi connectivity index (χ2v) is 11.7. The van der Waals surface area contributed by atoms with Crippen LogP contribution in [0.5, 0.6) is 0 Å². The zero-order chi connectivity index (χ0) is 24.6. The van der Waals surface area contributed by atoms with Gasteiger partial charge in [-0.2, -0.15) is 0 Å². The average Bonchev–Trinajstić information content (AvgIpc) is 2.94. The summed E-state index contributed by atoms with van der Waals surface area (Å²) < 4.78 is 4.95. The number of carbonyl (C=O) groups excluding carboxylic acids is 1. The van der Waals surface area contributed by atoms with Gasteiger partial charge in [0.15, 0.2) is 0 Å². The fourth-order valence-corrected chi connectivity index (χ4v) is 7.10. The lowest BCUT2D eigenvalue weighted by molar-refractivity contribution is -0.111. The van der Waals surface area contributed by atoms with Gasteiger partial charge in [0, 0.05) is 31.5 Å². The largest absolute Gasteiger partial charge is 0.287 e. The number of benzene rings is 4. The molecule has 0 spiro atoms. The van der Waals surface area contributed by atoms with E-state index in [0.717, 1.165) is 30.2 Å². The molecule has 36 heavy (non-hydrogen) atoms. The Kier molecular flexibility index (Phi) is 8.51. The third-order valence-corrected chi connectivity index (χ3v) is 9.18. The van der Waals surface area contributed by atoms with E-state index in [2.05, 4.69) is 12.1 Å². The number of allylic oxidation sites excluding steroid dienone is 4. The van der Waals surface area contributed by atoms with Crippen LogP contribution in [-0.4, -0.2) is 11.5 Å². The number of rotatable bonds is 8. The van der Waals surface area contributed by atoms with Crippen molar-refractivity contribution in [2.45, 2.75) is 19.6 Å². The third-order valence-electron chi connectivity index (χ3n) is 5.03. The van der Waals surface area contributed by atoms with Crippen molar-refractivity contribution in [1.82, 2.24) is 0 Å². The number of nitrogens with zero attached hydrogens (tertiary/aromatic N) is 1. The lowest BCUT2D eigenvalue weighted by atomic mass is 10.1. The second-order valence-electron chi connectivity index (χ2n) is 7.62. The molecular formula is C30H21NOS4. The molecule has 0 saturated carbocycles. The monoisotopic (exact) mass is 539 g/mol. The molecule has 4 aromatic carbocycles. The van der Waals surface area contributed by atoms with Gasteiger partial charge < -0.3 is 0 Å². The molecular weight excluding hydrogens is 519 g/mol. The molecule has 0 fully saturated rings. The van der Waals surface area contributed by atoms with E-state index in [1.807, 2.05) is 115 Å². The summed E-state index contributed by atoms with van der Waals surface area (Å²) in [5.41, 5.74) is 0.800. The Hall–Kier alpha value is -2.90. The van der Waals surface area contributed by atoms with Crippen LogP contribution in [0.1, 0.15) is 0 Å². The molecule has 5 rings (SSSR count). The molecule has 0 aliphatic heterocycles. The molecule has 0 amide bonds. The van der Waals surface area contributed by atoms with Gasteiger partial charge in [-0.15, -0.1) is 0 Å². The molecule has 0 aromatic heterocycles.